The van der Waals surface area contributed by atoms with Gasteiger partial charge in [-0.1, -0.05) is 35.9 Å². The highest BCUT2D eigenvalue weighted by Crippen LogP contribution is 2.30. The van der Waals surface area contributed by atoms with E-state index in [1.807, 2.05) is 0 Å². The van der Waals surface area contributed by atoms with Gasteiger partial charge in [-0.25, -0.2) is 4.90 Å². The first kappa shape index (κ1) is 16.0. The smallest absolute Gasteiger partial charge is 0.256 e. The summed E-state index contributed by atoms with van der Waals surface area (Å²) in [7, 11) is 0. The number of nitrogens with zero attached hydrogens (tertiary/aromatic N) is 1. The van der Waals surface area contributed by atoms with E-state index in [9.17, 15) is 19.5 Å². The fraction of sp³-hybridized carbons (Fsp3) is 0.118. The van der Waals surface area contributed by atoms with Gasteiger partial charge in [-0.15, -0.1) is 0 Å². The number of para-hydroxylation sites is 1. The van der Waals surface area contributed by atoms with Crippen LogP contribution in [-0.4, -0.2) is 23.8 Å². The highest BCUT2D eigenvalue weighted by molar-refractivity contribution is 6.36. The van der Waals surface area contributed by atoms with Gasteiger partial charge in [0.1, 0.15) is 6.04 Å². The summed E-state index contributed by atoms with van der Waals surface area (Å²) in [6.45, 7) is 0. The van der Waals surface area contributed by atoms with Crippen molar-refractivity contribution in [2.45, 2.75) is 12.5 Å². The molecule has 1 heterocycles. The summed E-state index contributed by atoms with van der Waals surface area (Å²) < 4.78 is 0. The summed E-state index contributed by atoms with van der Waals surface area (Å²) in [6, 6.07) is 11.7. The maximum Gasteiger partial charge on any atom is 0.256 e. The highest BCUT2D eigenvalue weighted by atomic mass is 35.5. The lowest BCUT2D eigenvalue weighted by Gasteiger charge is -2.17. The van der Waals surface area contributed by atoms with Crippen molar-refractivity contribution < 1.29 is 19.5 Å². The van der Waals surface area contributed by atoms with E-state index >= 15 is 0 Å². The minimum atomic E-state index is -1.28. The number of carboxylic acid groups (broad SMARTS) is 1. The van der Waals surface area contributed by atoms with Crippen molar-refractivity contribution in [2.24, 2.45) is 0 Å². The number of hydrogen-bond acceptors (Lipinski definition) is 5. The van der Waals surface area contributed by atoms with Crippen LogP contribution < -0.4 is 15.3 Å². The zero-order valence-electron chi connectivity index (χ0n) is 12.4. The fourth-order valence-electron chi connectivity index (χ4n) is 2.53. The Morgan fingerprint density at radius 3 is 2.42 bits per heavy atom. The SMILES string of the molecule is O=C([O-])c1ccc(N[C@H]2CC(=O)N(c3ccccc3Cl)C2=O)cc1. The fourth-order valence-corrected chi connectivity index (χ4v) is 2.75. The number of imide groups is 1. The number of carboxylic acids is 1. The predicted molar refractivity (Wildman–Crippen MR) is 86.7 cm³/mol. The van der Waals surface area contributed by atoms with Crippen LogP contribution in [0.1, 0.15) is 16.8 Å². The highest BCUT2D eigenvalue weighted by Gasteiger charge is 2.40. The van der Waals surface area contributed by atoms with E-state index in [4.69, 9.17) is 11.6 Å². The van der Waals surface area contributed by atoms with Gasteiger partial charge in [-0.05, 0) is 29.8 Å². The van der Waals surface area contributed by atoms with E-state index in [1.54, 1.807) is 24.3 Å². The summed E-state index contributed by atoms with van der Waals surface area (Å²) in [5.41, 5.74) is 0.921. The van der Waals surface area contributed by atoms with Crippen molar-refractivity contribution in [3.63, 3.8) is 0 Å². The van der Waals surface area contributed by atoms with Crippen LogP contribution in [-0.2, 0) is 9.59 Å². The molecule has 0 bridgehead atoms. The maximum atomic E-state index is 12.5. The third-order valence-corrected chi connectivity index (χ3v) is 4.02. The van der Waals surface area contributed by atoms with Gasteiger partial charge in [0.05, 0.1) is 23.1 Å². The van der Waals surface area contributed by atoms with Crippen LogP contribution in [0.5, 0.6) is 0 Å². The first-order chi connectivity index (χ1) is 11.5. The quantitative estimate of drug-likeness (QED) is 0.849. The summed E-state index contributed by atoms with van der Waals surface area (Å²) >= 11 is 6.06. The molecule has 1 N–H and O–H groups in total. The molecule has 122 valence electrons. The summed E-state index contributed by atoms with van der Waals surface area (Å²) in [4.78, 5) is 36.5. The van der Waals surface area contributed by atoms with Gasteiger partial charge in [0.2, 0.25) is 5.91 Å². The first-order valence-corrected chi connectivity index (χ1v) is 7.54. The molecule has 0 unspecified atom stereocenters. The lowest BCUT2D eigenvalue weighted by atomic mass is 10.2. The van der Waals surface area contributed by atoms with E-state index in [1.165, 1.54) is 24.3 Å². The zero-order valence-corrected chi connectivity index (χ0v) is 13.1. The number of amides is 2. The molecule has 1 saturated heterocycles. The molecule has 6 nitrogen and oxygen atoms in total. The number of anilines is 2. The standard InChI is InChI=1S/C17H13ClN2O4/c18-12-3-1-2-4-14(12)20-15(21)9-13(16(20)22)19-11-7-5-10(6-8-11)17(23)24/h1-8,13,19H,9H2,(H,23,24)/p-1/t13-/m0/s1. The van der Waals surface area contributed by atoms with Crippen molar-refractivity contribution in [3.05, 3.63) is 59.1 Å². The van der Waals surface area contributed by atoms with Crippen LogP contribution >= 0.6 is 11.6 Å². The zero-order chi connectivity index (χ0) is 17.3. The molecule has 0 aromatic heterocycles. The van der Waals surface area contributed by atoms with Gasteiger partial charge in [-0.2, -0.15) is 0 Å². The van der Waals surface area contributed by atoms with Crippen molar-refractivity contribution in [3.8, 4) is 0 Å². The minimum Gasteiger partial charge on any atom is -0.545 e. The Bertz CT molecular complexity index is 820. The molecule has 2 aromatic rings. The molecule has 0 aliphatic carbocycles. The molecule has 3 rings (SSSR count). The average Bonchev–Trinajstić information content (AvgIpc) is 2.83. The van der Waals surface area contributed by atoms with Gasteiger partial charge >= 0.3 is 0 Å². The number of benzene rings is 2. The number of rotatable bonds is 4. The second kappa shape index (κ2) is 6.33. The lowest BCUT2D eigenvalue weighted by molar-refractivity contribution is -0.255. The minimum absolute atomic E-state index is 0.00764. The van der Waals surface area contributed by atoms with Crippen LogP contribution in [0.3, 0.4) is 0 Å². The van der Waals surface area contributed by atoms with Crippen LogP contribution in [0.2, 0.25) is 5.02 Å². The van der Waals surface area contributed by atoms with Crippen molar-refractivity contribution in [1.29, 1.82) is 0 Å². The van der Waals surface area contributed by atoms with Gasteiger partial charge in [-0.3, -0.25) is 9.59 Å². The normalized spacial score (nSPS) is 17.2. The summed E-state index contributed by atoms with van der Waals surface area (Å²) in [5, 5.41) is 14.0. The van der Waals surface area contributed by atoms with E-state index in [-0.39, 0.29) is 17.9 Å². The van der Waals surface area contributed by atoms with E-state index in [0.717, 1.165) is 4.90 Å². The third-order valence-electron chi connectivity index (χ3n) is 3.70. The monoisotopic (exact) mass is 343 g/mol. The molecule has 1 aliphatic heterocycles. The van der Waals surface area contributed by atoms with Crippen LogP contribution in [0.4, 0.5) is 11.4 Å². The number of halogens is 1. The Morgan fingerprint density at radius 2 is 1.79 bits per heavy atom. The second-order valence-electron chi connectivity index (χ2n) is 5.28. The van der Waals surface area contributed by atoms with Crippen LogP contribution in [0, 0.1) is 0 Å². The Labute approximate surface area is 142 Å². The molecule has 7 heteroatoms. The largest absolute Gasteiger partial charge is 0.545 e. The van der Waals surface area contributed by atoms with Crippen molar-refractivity contribution in [1.82, 2.24) is 0 Å². The Morgan fingerprint density at radius 1 is 1.12 bits per heavy atom. The molecule has 2 aromatic carbocycles. The van der Waals surface area contributed by atoms with Crippen molar-refractivity contribution in [2.75, 3.05) is 10.2 Å². The van der Waals surface area contributed by atoms with E-state index < -0.39 is 17.9 Å². The molecule has 0 saturated carbocycles. The molecule has 1 atom stereocenters. The molecular weight excluding hydrogens is 332 g/mol. The van der Waals surface area contributed by atoms with Gasteiger partial charge < -0.3 is 15.2 Å². The second-order valence-corrected chi connectivity index (χ2v) is 5.69. The van der Waals surface area contributed by atoms with Gasteiger partial charge in [0.25, 0.3) is 5.91 Å². The Balaban J connectivity index is 1.79. The van der Waals surface area contributed by atoms with Crippen LogP contribution in [0.15, 0.2) is 48.5 Å². The number of aromatic carboxylic acids is 1. The maximum absolute atomic E-state index is 12.5. The lowest BCUT2D eigenvalue weighted by Crippen LogP contribution is -2.35. The Hall–Kier alpha value is -2.86. The Kier molecular flexibility index (Phi) is 4.22. The van der Waals surface area contributed by atoms with Gasteiger partial charge in [0.15, 0.2) is 0 Å². The van der Waals surface area contributed by atoms with Gasteiger partial charge in [0, 0.05) is 5.69 Å². The van der Waals surface area contributed by atoms with E-state index in [0.29, 0.717) is 16.4 Å². The molecule has 1 fully saturated rings. The van der Waals surface area contributed by atoms with Crippen molar-refractivity contribution >= 4 is 40.8 Å². The topological polar surface area (TPSA) is 89.5 Å². The molecule has 0 radical (unpaired) electrons. The predicted octanol–water partition coefficient (Wildman–Crippen LogP) is 1.45. The number of carbonyl (C=O) groups excluding carboxylic acids is 3. The summed E-state index contributed by atoms with van der Waals surface area (Å²) in [5.74, 6) is -2.03. The van der Waals surface area contributed by atoms with Crippen LogP contribution in [0.25, 0.3) is 0 Å². The molecule has 24 heavy (non-hydrogen) atoms. The number of hydrogen-bond donors (Lipinski definition) is 1. The third kappa shape index (κ3) is 2.96. The molecule has 0 spiro atoms. The number of carbonyl (C=O) groups is 3. The molecule has 1 aliphatic rings. The average molecular weight is 344 g/mol. The molecule has 2 amide bonds. The van der Waals surface area contributed by atoms with E-state index in [2.05, 4.69) is 5.32 Å². The number of nitrogens with one attached hydrogen (secondary N) is 1. The first-order valence-electron chi connectivity index (χ1n) is 7.16. The molecular formula is C17H12ClN2O4-. The summed E-state index contributed by atoms with van der Waals surface area (Å²) in [6.07, 6.45) is -0.00764.